The summed E-state index contributed by atoms with van der Waals surface area (Å²) in [6.07, 6.45) is -5.19. The highest BCUT2D eigenvalue weighted by Gasteiger charge is 2.40. The second-order valence-electron chi connectivity index (χ2n) is 3.47. The molecule has 2 N–H and O–H groups in total. The first-order valence-corrected chi connectivity index (χ1v) is 5.45. The van der Waals surface area contributed by atoms with Crippen LogP contribution in [0.4, 0.5) is 13.2 Å². The Hall–Kier alpha value is -0.540. The zero-order valence-electron chi connectivity index (χ0n) is 8.07. The molecule has 1 saturated heterocycles. The first-order chi connectivity index (χ1) is 6.36. The molecule has 0 bridgehead atoms. The molecule has 98 valence electrons. The van der Waals surface area contributed by atoms with Crippen LogP contribution < -0.4 is 10.8 Å². The Labute approximate surface area is 96.1 Å². The van der Waals surface area contributed by atoms with Gasteiger partial charge < -0.3 is 15.6 Å². The zero-order chi connectivity index (χ0) is 12.5. The van der Waals surface area contributed by atoms with Crippen LogP contribution in [-0.2, 0) is 14.6 Å². The fourth-order valence-corrected chi connectivity index (χ4v) is 2.89. The molecule has 0 amide bonds. The van der Waals surface area contributed by atoms with Gasteiger partial charge in [0.1, 0.15) is 5.97 Å². The highest BCUT2D eigenvalue weighted by molar-refractivity contribution is 7.93. The van der Waals surface area contributed by atoms with E-state index >= 15 is 0 Å². The van der Waals surface area contributed by atoms with Crippen LogP contribution in [0.3, 0.4) is 0 Å². The summed E-state index contributed by atoms with van der Waals surface area (Å²) in [6.45, 7) is 1.74. The predicted molar refractivity (Wildman–Crippen MR) is 49.6 cm³/mol. The molecule has 0 radical (unpaired) electrons. The molecule has 1 aliphatic heterocycles. The van der Waals surface area contributed by atoms with Gasteiger partial charge in [-0.1, -0.05) is 0 Å². The second kappa shape index (κ2) is 5.19. The minimum Gasteiger partial charge on any atom is -0.542 e. The van der Waals surface area contributed by atoms with Gasteiger partial charge in [-0.05, 0) is 6.92 Å². The summed E-state index contributed by atoms with van der Waals surface area (Å²) in [6, 6.07) is 0. The van der Waals surface area contributed by atoms with E-state index in [1.165, 1.54) is 0 Å². The minimum atomic E-state index is -5.19. The van der Waals surface area contributed by atoms with Crippen LogP contribution in [0.2, 0.25) is 0 Å². The molecule has 0 spiro atoms. The van der Waals surface area contributed by atoms with Crippen molar-refractivity contribution in [3.05, 3.63) is 0 Å². The fourth-order valence-electron chi connectivity index (χ4n) is 0.962. The zero-order valence-corrected chi connectivity index (χ0v) is 9.71. The molecule has 0 atom stereocenters. The highest BCUT2D eigenvalue weighted by Crippen LogP contribution is 2.18. The summed E-state index contributed by atoms with van der Waals surface area (Å²) in [5.74, 6) is -2.70. The number of carboxylic acids is 1. The molecule has 1 fully saturated rings. The number of carbonyl (C=O) groups excluding carboxylic acids is 1. The van der Waals surface area contributed by atoms with Crippen molar-refractivity contribution in [2.75, 3.05) is 11.5 Å². The van der Waals surface area contributed by atoms with Gasteiger partial charge in [-0.2, -0.15) is 13.2 Å². The first-order valence-electron chi connectivity index (χ1n) is 3.63. The number of nitrogens with two attached hydrogens (primary N) is 1. The number of carboxylic acid groups (broad SMARTS) is 1. The molecule has 1 heterocycles. The summed E-state index contributed by atoms with van der Waals surface area (Å²) in [7, 11) is -2.71. The lowest BCUT2D eigenvalue weighted by molar-refractivity contribution is -0.344. The van der Waals surface area contributed by atoms with Crippen LogP contribution in [0.15, 0.2) is 0 Å². The van der Waals surface area contributed by atoms with E-state index in [1.54, 1.807) is 6.92 Å². The van der Waals surface area contributed by atoms with Gasteiger partial charge in [-0.3, -0.25) is 0 Å². The normalized spacial score (nSPS) is 20.6. The second-order valence-corrected chi connectivity index (χ2v) is 5.54. The molecule has 1 rings (SSSR count). The van der Waals surface area contributed by atoms with Crippen LogP contribution in [0.1, 0.15) is 6.92 Å². The van der Waals surface area contributed by atoms with Crippen LogP contribution in [0, 0.1) is 0 Å². The SMILES string of the molecule is CC1(N)CS(=O)(=O)C1.Cl.O=C([O-])C(F)(F)F. The predicted octanol–water partition coefficient (Wildman–Crippen LogP) is -1.15. The van der Waals surface area contributed by atoms with Crippen LogP contribution in [0.5, 0.6) is 0 Å². The van der Waals surface area contributed by atoms with Crippen molar-refractivity contribution in [1.82, 2.24) is 0 Å². The Bertz CT molecular complexity index is 337. The molecule has 0 aromatic rings. The number of hydrogen-bond acceptors (Lipinski definition) is 5. The molecule has 0 aromatic heterocycles. The van der Waals surface area contributed by atoms with E-state index in [0.29, 0.717) is 0 Å². The first kappa shape index (κ1) is 17.8. The van der Waals surface area contributed by atoms with Crippen molar-refractivity contribution in [1.29, 1.82) is 0 Å². The summed E-state index contributed by atoms with van der Waals surface area (Å²) in [5.41, 5.74) is 4.99. The van der Waals surface area contributed by atoms with Crippen molar-refractivity contribution in [3.63, 3.8) is 0 Å². The van der Waals surface area contributed by atoms with E-state index in [-0.39, 0.29) is 23.9 Å². The van der Waals surface area contributed by atoms with Gasteiger partial charge in [-0.15, -0.1) is 12.4 Å². The number of hydrogen-bond donors (Lipinski definition) is 1. The number of aliphatic carboxylic acids is 1. The molecule has 16 heavy (non-hydrogen) atoms. The van der Waals surface area contributed by atoms with Gasteiger partial charge in [0.25, 0.3) is 0 Å². The summed E-state index contributed by atoms with van der Waals surface area (Å²) in [4.78, 5) is 8.78. The maximum Gasteiger partial charge on any atom is 0.430 e. The van der Waals surface area contributed by atoms with E-state index < -0.39 is 27.5 Å². The van der Waals surface area contributed by atoms with Crippen LogP contribution >= 0.6 is 12.4 Å². The topological polar surface area (TPSA) is 100 Å². The number of sulfone groups is 1. The summed E-state index contributed by atoms with van der Waals surface area (Å²) >= 11 is 0. The fraction of sp³-hybridized carbons (Fsp3) is 0.833. The molecule has 0 aliphatic carbocycles. The van der Waals surface area contributed by atoms with Gasteiger partial charge in [0.05, 0.1) is 11.5 Å². The van der Waals surface area contributed by atoms with Crippen molar-refractivity contribution in [2.24, 2.45) is 5.73 Å². The Morgan fingerprint density at radius 1 is 1.38 bits per heavy atom. The molecule has 1 aliphatic rings. The van der Waals surface area contributed by atoms with Gasteiger partial charge in [0, 0.05) is 5.54 Å². The third-order valence-electron chi connectivity index (χ3n) is 1.33. The largest absolute Gasteiger partial charge is 0.542 e. The van der Waals surface area contributed by atoms with Gasteiger partial charge in [-0.25, -0.2) is 8.42 Å². The van der Waals surface area contributed by atoms with E-state index in [4.69, 9.17) is 15.6 Å². The molecule has 0 aromatic carbocycles. The molecular weight excluding hydrogens is 275 g/mol. The Morgan fingerprint density at radius 3 is 1.62 bits per heavy atom. The molecule has 5 nitrogen and oxygen atoms in total. The smallest absolute Gasteiger partial charge is 0.430 e. The van der Waals surface area contributed by atoms with Crippen LogP contribution in [-0.4, -0.2) is 37.6 Å². The number of rotatable bonds is 0. The molecule has 0 saturated carbocycles. The summed E-state index contributed by atoms with van der Waals surface area (Å²) < 4.78 is 52.4. The lowest BCUT2D eigenvalue weighted by Gasteiger charge is -2.33. The van der Waals surface area contributed by atoms with Gasteiger partial charge in [0.15, 0.2) is 9.84 Å². The standard InChI is InChI=1S/C4H9NO2S.C2HF3O2.ClH/c1-4(5)2-8(6,7)3-4;3-2(4,5)1(6)7;/h2-3,5H2,1H3;(H,6,7);1H/p-1. The van der Waals surface area contributed by atoms with E-state index in [2.05, 4.69) is 0 Å². The molecular formula is C6H10ClF3NO4S-. The van der Waals surface area contributed by atoms with Crippen molar-refractivity contribution in [2.45, 2.75) is 18.6 Å². The van der Waals surface area contributed by atoms with Crippen LogP contribution in [0.25, 0.3) is 0 Å². The minimum absolute atomic E-state index is 0. The van der Waals surface area contributed by atoms with Gasteiger partial charge >= 0.3 is 6.18 Å². The lowest BCUT2D eigenvalue weighted by atomic mass is 10.1. The monoisotopic (exact) mass is 284 g/mol. The van der Waals surface area contributed by atoms with Crippen molar-refractivity contribution in [3.8, 4) is 0 Å². The van der Waals surface area contributed by atoms with Gasteiger partial charge in [0.2, 0.25) is 0 Å². The highest BCUT2D eigenvalue weighted by atomic mass is 35.5. The Balaban J connectivity index is 0. The average molecular weight is 285 g/mol. The maximum absolute atomic E-state index is 10.5. The van der Waals surface area contributed by atoms with Crippen molar-refractivity contribution < 1.29 is 31.5 Å². The average Bonchev–Trinajstić information content (AvgIpc) is 1.77. The maximum atomic E-state index is 10.5. The lowest BCUT2D eigenvalue weighted by Crippen LogP contribution is -2.59. The number of carbonyl (C=O) groups is 1. The van der Waals surface area contributed by atoms with E-state index in [0.717, 1.165) is 0 Å². The molecule has 0 unspecified atom stereocenters. The van der Waals surface area contributed by atoms with E-state index in [9.17, 15) is 21.6 Å². The Morgan fingerprint density at radius 2 is 1.62 bits per heavy atom. The van der Waals surface area contributed by atoms with E-state index in [1.807, 2.05) is 0 Å². The third kappa shape index (κ3) is 6.85. The Kier molecular flexibility index (Phi) is 5.79. The van der Waals surface area contributed by atoms with Crippen molar-refractivity contribution >= 4 is 28.2 Å². The number of alkyl halides is 3. The quantitative estimate of drug-likeness (QED) is 0.605. The summed E-state index contributed by atoms with van der Waals surface area (Å²) in [5, 5.41) is 8.78. The molecule has 10 heteroatoms. The number of halogens is 4. The third-order valence-corrected chi connectivity index (χ3v) is 3.53.